The van der Waals surface area contributed by atoms with Crippen molar-refractivity contribution in [3.63, 3.8) is 0 Å². The van der Waals surface area contributed by atoms with Gasteiger partial charge in [-0.25, -0.2) is 0 Å². The second-order valence-electron chi connectivity index (χ2n) is 5.04. The van der Waals surface area contributed by atoms with Gasteiger partial charge in [-0.1, -0.05) is 25.9 Å². The van der Waals surface area contributed by atoms with Gasteiger partial charge in [-0.3, -0.25) is 0 Å². The van der Waals surface area contributed by atoms with Crippen LogP contribution < -0.4 is 10.6 Å². The molecule has 1 rings (SSSR count). The number of nitrogens with one attached hydrogen (secondary N) is 2. The molecule has 0 bridgehead atoms. The van der Waals surface area contributed by atoms with Crippen molar-refractivity contribution in [1.29, 1.82) is 0 Å². The van der Waals surface area contributed by atoms with Crippen LogP contribution >= 0.6 is 0 Å². The molecule has 0 amide bonds. The van der Waals surface area contributed by atoms with Gasteiger partial charge in [0.05, 0.1) is 13.2 Å². The van der Waals surface area contributed by atoms with Gasteiger partial charge in [0.1, 0.15) is 0 Å². The van der Waals surface area contributed by atoms with Gasteiger partial charge in [0.2, 0.25) is 5.89 Å². The molecule has 1 aromatic heterocycles. The van der Waals surface area contributed by atoms with E-state index in [0.29, 0.717) is 25.1 Å². The van der Waals surface area contributed by atoms with E-state index in [2.05, 4.69) is 41.6 Å². The Morgan fingerprint density at radius 1 is 1.33 bits per heavy atom. The number of nitrogens with zero attached hydrogens (tertiary/aromatic N) is 2. The summed E-state index contributed by atoms with van der Waals surface area (Å²) in [5.74, 6) is 0.586. The van der Waals surface area contributed by atoms with Crippen molar-refractivity contribution in [2.24, 2.45) is 5.41 Å². The normalized spacial score (nSPS) is 11.8. The van der Waals surface area contributed by atoms with Gasteiger partial charge in [0.15, 0.2) is 0 Å². The van der Waals surface area contributed by atoms with Gasteiger partial charge >= 0.3 is 6.01 Å². The summed E-state index contributed by atoms with van der Waals surface area (Å²) in [4.78, 5) is 0. The summed E-state index contributed by atoms with van der Waals surface area (Å²) in [6.45, 7) is 9.39. The molecule has 0 aliphatic carbocycles. The molecule has 0 atom stereocenters. The zero-order valence-electron chi connectivity index (χ0n) is 11.7. The number of methoxy groups -OCH3 is 1. The molecule has 6 nitrogen and oxygen atoms in total. The maximum absolute atomic E-state index is 5.47. The average molecular weight is 256 g/mol. The fourth-order valence-corrected chi connectivity index (χ4v) is 1.21. The standard InChI is InChI=1S/C12H24N4O2/c1-5-12(2,3)9-14-11-16-15-10(18-11)8-13-6-7-17-4/h13H,5-9H2,1-4H3,(H,14,16). The van der Waals surface area contributed by atoms with Crippen LogP contribution in [0.1, 0.15) is 33.1 Å². The highest BCUT2D eigenvalue weighted by atomic mass is 16.5. The summed E-state index contributed by atoms with van der Waals surface area (Å²) in [5, 5.41) is 14.2. The van der Waals surface area contributed by atoms with E-state index in [0.717, 1.165) is 19.5 Å². The first-order chi connectivity index (χ1) is 8.57. The third-order valence-electron chi connectivity index (χ3n) is 2.90. The number of aromatic nitrogens is 2. The summed E-state index contributed by atoms with van der Waals surface area (Å²) < 4.78 is 10.4. The quantitative estimate of drug-likeness (QED) is 0.655. The summed E-state index contributed by atoms with van der Waals surface area (Å²) in [7, 11) is 1.67. The van der Waals surface area contributed by atoms with Gasteiger partial charge < -0.3 is 19.8 Å². The first-order valence-electron chi connectivity index (χ1n) is 6.33. The van der Waals surface area contributed by atoms with Crippen LogP contribution in [0.2, 0.25) is 0 Å². The highest BCUT2D eigenvalue weighted by Crippen LogP contribution is 2.20. The molecule has 0 saturated heterocycles. The molecule has 2 N–H and O–H groups in total. The van der Waals surface area contributed by atoms with Crippen LogP contribution in [-0.2, 0) is 11.3 Å². The molecule has 1 aromatic rings. The Balaban J connectivity index is 2.30. The Morgan fingerprint density at radius 3 is 2.78 bits per heavy atom. The molecule has 6 heteroatoms. The molecule has 0 fully saturated rings. The molecule has 0 saturated carbocycles. The van der Waals surface area contributed by atoms with Gasteiger partial charge in [-0.05, 0) is 11.8 Å². The van der Waals surface area contributed by atoms with Crippen LogP contribution in [0.25, 0.3) is 0 Å². The SMILES string of the molecule is CCC(C)(C)CNc1nnc(CNCCOC)o1. The number of rotatable bonds is 9. The molecule has 104 valence electrons. The second kappa shape index (κ2) is 7.33. The average Bonchev–Trinajstić information content (AvgIpc) is 2.80. The van der Waals surface area contributed by atoms with Crippen molar-refractivity contribution in [2.45, 2.75) is 33.7 Å². The lowest BCUT2D eigenvalue weighted by Crippen LogP contribution is -2.22. The van der Waals surface area contributed by atoms with Crippen molar-refractivity contribution >= 4 is 6.01 Å². The van der Waals surface area contributed by atoms with E-state index < -0.39 is 0 Å². The highest BCUT2D eigenvalue weighted by Gasteiger charge is 2.16. The van der Waals surface area contributed by atoms with Crippen LogP contribution in [0.3, 0.4) is 0 Å². The van der Waals surface area contributed by atoms with Gasteiger partial charge in [0.25, 0.3) is 0 Å². The fourth-order valence-electron chi connectivity index (χ4n) is 1.21. The van der Waals surface area contributed by atoms with E-state index in [-0.39, 0.29) is 5.41 Å². The van der Waals surface area contributed by atoms with Crippen LogP contribution in [0.4, 0.5) is 6.01 Å². The Kier molecular flexibility index (Phi) is 6.07. The number of hydrogen-bond donors (Lipinski definition) is 2. The minimum absolute atomic E-state index is 0.228. The Bertz CT molecular complexity index is 339. The van der Waals surface area contributed by atoms with Crippen molar-refractivity contribution in [3.05, 3.63) is 5.89 Å². The lowest BCUT2D eigenvalue weighted by Gasteiger charge is -2.21. The first kappa shape index (κ1) is 14.9. The Labute approximate surface area is 108 Å². The van der Waals surface area contributed by atoms with E-state index in [1.807, 2.05) is 0 Å². The molecular formula is C12H24N4O2. The lowest BCUT2D eigenvalue weighted by atomic mass is 9.90. The highest BCUT2D eigenvalue weighted by molar-refractivity contribution is 5.17. The minimum Gasteiger partial charge on any atom is -0.407 e. The maximum Gasteiger partial charge on any atom is 0.315 e. The fraction of sp³-hybridized carbons (Fsp3) is 0.833. The van der Waals surface area contributed by atoms with Crippen molar-refractivity contribution in [2.75, 3.05) is 32.1 Å². The number of anilines is 1. The lowest BCUT2D eigenvalue weighted by molar-refractivity contribution is 0.198. The molecule has 0 unspecified atom stereocenters. The van der Waals surface area contributed by atoms with E-state index >= 15 is 0 Å². The third-order valence-corrected chi connectivity index (χ3v) is 2.90. The summed E-state index contributed by atoms with van der Waals surface area (Å²) in [5.41, 5.74) is 0.228. The molecule has 0 aliphatic heterocycles. The molecular weight excluding hydrogens is 232 g/mol. The molecule has 0 aliphatic rings. The van der Waals surface area contributed by atoms with Crippen LogP contribution in [0.5, 0.6) is 0 Å². The van der Waals surface area contributed by atoms with Crippen molar-refractivity contribution in [3.8, 4) is 0 Å². The first-order valence-corrected chi connectivity index (χ1v) is 6.33. The van der Waals surface area contributed by atoms with E-state index in [9.17, 15) is 0 Å². The van der Waals surface area contributed by atoms with Crippen molar-refractivity contribution in [1.82, 2.24) is 15.5 Å². The van der Waals surface area contributed by atoms with E-state index in [4.69, 9.17) is 9.15 Å². The van der Waals surface area contributed by atoms with Crippen LogP contribution in [0, 0.1) is 5.41 Å². The summed E-state index contributed by atoms with van der Waals surface area (Å²) in [6.07, 6.45) is 1.10. The zero-order chi connectivity index (χ0) is 13.4. The van der Waals surface area contributed by atoms with E-state index in [1.165, 1.54) is 0 Å². The largest absolute Gasteiger partial charge is 0.407 e. The van der Waals surface area contributed by atoms with Gasteiger partial charge in [-0.2, -0.15) is 0 Å². The minimum atomic E-state index is 0.228. The molecule has 1 heterocycles. The molecule has 18 heavy (non-hydrogen) atoms. The predicted octanol–water partition coefficient (Wildman–Crippen LogP) is 1.65. The van der Waals surface area contributed by atoms with E-state index in [1.54, 1.807) is 7.11 Å². The Hall–Kier alpha value is -1.14. The van der Waals surface area contributed by atoms with Crippen molar-refractivity contribution < 1.29 is 9.15 Å². The second-order valence-corrected chi connectivity index (χ2v) is 5.04. The summed E-state index contributed by atoms with van der Waals surface area (Å²) in [6, 6.07) is 0.486. The molecule has 0 spiro atoms. The number of ether oxygens (including phenoxy) is 1. The van der Waals surface area contributed by atoms with Gasteiger partial charge in [0, 0.05) is 20.2 Å². The Morgan fingerprint density at radius 2 is 2.11 bits per heavy atom. The smallest absolute Gasteiger partial charge is 0.315 e. The van der Waals surface area contributed by atoms with Crippen LogP contribution in [-0.4, -0.2) is 37.0 Å². The van der Waals surface area contributed by atoms with Gasteiger partial charge in [-0.15, -0.1) is 5.10 Å². The number of hydrogen-bond acceptors (Lipinski definition) is 6. The summed E-state index contributed by atoms with van der Waals surface area (Å²) >= 11 is 0. The monoisotopic (exact) mass is 256 g/mol. The molecule has 0 radical (unpaired) electrons. The molecule has 0 aromatic carbocycles. The topological polar surface area (TPSA) is 72.2 Å². The third kappa shape index (κ3) is 5.46. The zero-order valence-corrected chi connectivity index (χ0v) is 11.7. The maximum atomic E-state index is 5.47. The predicted molar refractivity (Wildman–Crippen MR) is 70.4 cm³/mol. The van der Waals surface area contributed by atoms with Crippen LogP contribution in [0.15, 0.2) is 4.42 Å².